The van der Waals surface area contributed by atoms with E-state index in [2.05, 4.69) is 6.07 Å². The van der Waals surface area contributed by atoms with Crippen LogP contribution in [0.15, 0.2) is 48.5 Å². The van der Waals surface area contributed by atoms with Gasteiger partial charge < -0.3 is 0 Å². The molecule has 94 valence electrons. The molecule has 0 radical (unpaired) electrons. The molecule has 1 unspecified atom stereocenters. The minimum Gasteiger partial charge on any atom is -0.126 e. The van der Waals surface area contributed by atoms with E-state index >= 15 is 0 Å². The maximum absolute atomic E-state index is 6.07. The van der Waals surface area contributed by atoms with Gasteiger partial charge in [-0.3, -0.25) is 0 Å². The maximum Gasteiger partial charge on any atom is 0.0408 e. The van der Waals surface area contributed by atoms with Gasteiger partial charge in [-0.05, 0) is 41.8 Å². The fourth-order valence-electron chi connectivity index (χ4n) is 1.94. The smallest absolute Gasteiger partial charge is 0.0408 e. The fourth-order valence-corrected chi connectivity index (χ4v) is 2.57. The van der Waals surface area contributed by atoms with Crippen molar-refractivity contribution in [1.29, 1.82) is 0 Å². The van der Waals surface area contributed by atoms with Gasteiger partial charge in [-0.1, -0.05) is 47.5 Å². The zero-order valence-electron chi connectivity index (χ0n) is 9.74. The summed E-state index contributed by atoms with van der Waals surface area (Å²) in [6, 6.07) is 15.7. The summed E-state index contributed by atoms with van der Waals surface area (Å²) in [5.74, 6) is 0.858. The molecule has 0 N–H and O–H groups in total. The molecule has 0 aliphatic heterocycles. The molecule has 18 heavy (non-hydrogen) atoms. The zero-order valence-corrected chi connectivity index (χ0v) is 12.0. The van der Waals surface area contributed by atoms with Crippen LogP contribution in [0.2, 0.25) is 10.0 Å². The molecule has 0 fully saturated rings. The molecule has 0 amide bonds. The number of alkyl halides is 1. The second-order valence-corrected chi connectivity index (χ2v) is 5.42. The molecule has 3 heteroatoms. The first kappa shape index (κ1) is 13.7. The topological polar surface area (TPSA) is 0 Å². The highest BCUT2D eigenvalue weighted by Gasteiger charge is 2.11. The third-order valence-electron chi connectivity index (χ3n) is 2.90. The van der Waals surface area contributed by atoms with Gasteiger partial charge in [0.05, 0.1) is 0 Å². The SMILES string of the molecule is ClCC(Cc1cccc(Cl)c1)c1ccc(Cl)cc1. The molecule has 0 aliphatic carbocycles. The average molecular weight is 300 g/mol. The van der Waals surface area contributed by atoms with E-state index in [9.17, 15) is 0 Å². The first-order valence-corrected chi connectivity index (χ1v) is 7.04. The van der Waals surface area contributed by atoms with Gasteiger partial charge in [-0.25, -0.2) is 0 Å². The molecule has 1 atom stereocenters. The van der Waals surface area contributed by atoms with E-state index in [1.165, 1.54) is 11.1 Å². The highest BCUT2D eigenvalue weighted by molar-refractivity contribution is 6.30. The van der Waals surface area contributed by atoms with Crippen molar-refractivity contribution in [2.75, 3.05) is 5.88 Å². The molecular weight excluding hydrogens is 287 g/mol. The quantitative estimate of drug-likeness (QED) is 0.648. The van der Waals surface area contributed by atoms with Crippen LogP contribution >= 0.6 is 34.8 Å². The van der Waals surface area contributed by atoms with Crippen molar-refractivity contribution in [2.24, 2.45) is 0 Å². The molecule has 0 bridgehead atoms. The van der Waals surface area contributed by atoms with Crippen molar-refractivity contribution >= 4 is 34.8 Å². The van der Waals surface area contributed by atoms with E-state index in [0.29, 0.717) is 5.88 Å². The average Bonchev–Trinajstić information content (AvgIpc) is 2.37. The Morgan fingerprint density at radius 2 is 1.61 bits per heavy atom. The van der Waals surface area contributed by atoms with Crippen LogP contribution in [0.3, 0.4) is 0 Å². The molecule has 0 heterocycles. The van der Waals surface area contributed by atoms with Gasteiger partial charge in [0.15, 0.2) is 0 Å². The first-order chi connectivity index (χ1) is 8.69. The van der Waals surface area contributed by atoms with Gasteiger partial charge in [0, 0.05) is 21.8 Å². The van der Waals surface area contributed by atoms with Crippen LogP contribution in [-0.4, -0.2) is 5.88 Å². The number of halogens is 3. The predicted octanol–water partition coefficient (Wildman–Crippen LogP) is 5.56. The minimum absolute atomic E-state index is 0.280. The van der Waals surface area contributed by atoms with E-state index < -0.39 is 0 Å². The lowest BCUT2D eigenvalue weighted by Crippen LogP contribution is -2.04. The summed E-state index contributed by atoms with van der Waals surface area (Å²) in [4.78, 5) is 0. The molecule has 2 aromatic rings. The third-order valence-corrected chi connectivity index (χ3v) is 3.76. The molecule has 0 aliphatic rings. The number of hydrogen-bond acceptors (Lipinski definition) is 0. The van der Waals surface area contributed by atoms with Gasteiger partial charge in [-0.2, -0.15) is 0 Å². The summed E-state index contributed by atoms with van der Waals surface area (Å²) in [6.45, 7) is 0. The van der Waals surface area contributed by atoms with Gasteiger partial charge in [0.25, 0.3) is 0 Å². The Kier molecular flexibility index (Phi) is 4.94. The van der Waals surface area contributed by atoms with Crippen LogP contribution in [0.4, 0.5) is 0 Å². The van der Waals surface area contributed by atoms with Crippen molar-refractivity contribution in [3.8, 4) is 0 Å². The van der Waals surface area contributed by atoms with Crippen LogP contribution in [0.5, 0.6) is 0 Å². The molecule has 0 saturated carbocycles. The Labute approximate surface area is 122 Å². The highest BCUT2D eigenvalue weighted by Crippen LogP contribution is 2.25. The number of hydrogen-bond donors (Lipinski definition) is 0. The van der Waals surface area contributed by atoms with Crippen LogP contribution in [-0.2, 0) is 6.42 Å². The predicted molar refractivity (Wildman–Crippen MR) is 80.1 cm³/mol. The van der Waals surface area contributed by atoms with Crippen LogP contribution in [0.25, 0.3) is 0 Å². The summed E-state index contributed by atoms with van der Waals surface area (Å²) < 4.78 is 0. The second kappa shape index (κ2) is 6.47. The number of rotatable bonds is 4. The maximum atomic E-state index is 6.07. The number of benzene rings is 2. The van der Waals surface area contributed by atoms with Gasteiger partial charge >= 0.3 is 0 Å². The van der Waals surface area contributed by atoms with Crippen molar-refractivity contribution in [2.45, 2.75) is 12.3 Å². The van der Waals surface area contributed by atoms with Crippen LogP contribution in [0, 0.1) is 0 Å². The standard InChI is InChI=1S/C15H13Cl3/c16-10-13(12-4-6-14(17)7-5-12)8-11-2-1-3-15(18)9-11/h1-7,9,13H,8,10H2. The molecule has 0 aromatic heterocycles. The second-order valence-electron chi connectivity index (χ2n) is 4.24. The lowest BCUT2D eigenvalue weighted by atomic mass is 9.94. The van der Waals surface area contributed by atoms with Gasteiger partial charge in [0.2, 0.25) is 0 Å². The Morgan fingerprint density at radius 1 is 0.889 bits per heavy atom. The summed E-state index contributed by atoms with van der Waals surface area (Å²) >= 11 is 17.9. The third kappa shape index (κ3) is 3.65. The molecule has 0 saturated heterocycles. The van der Waals surface area contributed by atoms with E-state index in [1.807, 2.05) is 42.5 Å². The lowest BCUT2D eigenvalue weighted by molar-refractivity contribution is 0.766. The van der Waals surface area contributed by atoms with Gasteiger partial charge in [-0.15, -0.1) is 11.6 Å². The molecule has 0 spiro atoms. The Morgan fingerprint density at radius 3 is 2.22 bits per heavy atom. The lowest BCUT2D eigenvalue weighted by Gasteiger charge is -2.14. The van der Waals surface area contributed by atoms with Crippen molar-refractivity contribution in [3.63, 3.8) is 0 Å². The largest absolute Gasteiger partial charge is 0.126 e. The summed E-state index contributed by atoms with van der Waals surface area (Å²) in [5.41, 5.74) is 2.40. The van der Waals surface area contributed by atoms with E-state index in [4.69, 9.17) is 34.8 Å². The van der Waals surface area contributed by atoms with Crippen molar-refractivity contribution in [1.82, 2.24) is 0 Å². The molecule has 0 nitrogen and oxygen atoms in total. The summed E-state index contributed by atoms with van der Waals surface area (Å²) in [7, 11) is 0. The minimum atomic E-state index is 0.280. The molecule has 2 aromatic carbocycles. The fraction of sp³-hybridized carbons (Fsp3) is 0.200. The normalized spacial score (nSPS) is 12.4. The van der Waals surface area contributed by atoms with Gasteiger partial charge in [0.1, 0.15) is 0 Å². The van der Waals surface area contributed by atoms with E-state index in [0.717, 1.165) is 16.5 Å². The Balaban J connectivity index is 2.17. The van der Waals surface area contributed by atoms with Crippen LogP contribution < -0.4 is 0 Å². The summed E-state index contributed by atoms with van der Waals surface area (Å²) in [6.07, 6.45) is 0.881. The van der Waals surface area contributed by atoms with Crippen molar-refractivity contribution in [3.05, 3.63) is 69.7 Å². The summed E-state index contributed by atoms with van der Waals surface area (Å²) in [5, 5.41) is 1.51. The zero-order chi connectivity index (χ0) is 13.0. The Bertz CT molecular complexity index is 505. The van der Waals surface area contributed by atoms with E-state index in [-0.39, 0.29) is 5.92 Å². The van der Waals surface area contributed by atoms with Crippen molar-refractivity contribution < 1.29 is 0 Å². The molecule has 2 rings (SSSR count). The first-order valence-electron chi connectivity index (χ1n) is 5.75. The molecular formula is C15H13Cl3. The van der Waals surface area contributed by atoms with Crippen LogP contribution in [0.1, 0.15) is 17.0 Å². The Hall–Kier alpha value is -0.690. The highest BCUT2D eigenvalue weighted by atomic mass is 35.5. The monoisotopic (exact) mass is 298 g/mol. The van der Waals surface area contributed by atoms with E-state index in [1.54, 1.807) is 0 Å².